The fraction of sp³-hybridized carbons (Fsp3) is 0.727. The number of nitrogens with zero attached hydrogens (tertiary/aromatic N) is 1. The van der Waals surface area contributed by atoms with E-state index in [1.807, 2.05) is 13.0 Å². The molecular weight excluding hydrogens is 374 g/mol. The first kappa shape index (κ1) is 19.6. The number of hydrogen-bond acceptors (Lipinski definition) is 7. The van der Waals surface area contributed by atoms with Gasteiger partial charge in [0.2, 0.25) is 0 Å². The summed E-state index contributed by atoms with van der Waals surface area (Å²) in [6.45, 7) is 3.52. The summed E-state index contributed by atoms with van der Waals surface area (Å²) in [7, 11) is 1.62. The third kappa shape index (κ3) is 2.25. The maximum absolute atomic E-state index is 13.0. The first-order valence-corrected chi connectivity index (χ1v) is 10.5. The second-order valence-corrected chi connectivity index (χ2v) is 9.89. The Morgan fingerprint density at radius 1 is 1.38 bits per heavy atom. The molecule has 0 radical (unpaired) electrons. The number of carbonyl (C=O) groups is 2. The van der Waals surface area contributed by atoms with Gasteiger partial charge in [-0.05, 0) is 49.7 Å². The number of hydroxylamine groups is 2. The number of Topliss-reactive ketones (excluding diaryl/α,β-unsaturated/α-hetero) is 1. The Bertz CT molecular complexity index is 837. The lowest BCUT2D eigenvalue weighted by molar-refractivity contribution is -0.328. The van der Waals surface area contributed by atoms with Crippen LogP contribution in [0.15, 0.2) is 23.8 Å². The predicted octanol–water partition coefficient (Wildman–Crippen LogP) is 1.35. The number of carbonyl (C=O) groups excluding carboxylic acids is 2. The van der Waals surface area contributed by atoms with Crippen molar-refractivity contribution in [2.75, 3.05) is 13.7 Å². The fourth-order valence-corrected chi connectivity index (χ4v) is 7.65. The van der Waals surface area contributed by atoms with Crippen LogP contribution in [-0.4, -0.2) is 58.5 Å². The van der Waals surface area contributed by atoms with Crippen LogP contribution in [0.25, 0.3) is 0 Å². The molecule has 0 aromatic rings. The predicted molar refractivity (Wildman–Crippen MR) is 102 cm³/mol. The number of fused-ring (bicyclic) bond motifs is 7. The number of hydrogen-bond donors (Lipinski definition) is 2. The van der Waals surface area contributed by atoms with E-state index in [4.69, 9.17) is 9.68 Å². The molecule has 0 bridgehead atoms. The minimum atomic E-state index is -1.28. The van der Waals surface area contributed by atoms with Gasteiger partial charge < -0.3 is 10.2 Å². The molecule has 5 rings (SSSR count). The van der Waals surface area contributed by atoms with E-state index >= 15 is 0 Å². The van der Waals surface area contributed by atoms with Crippen molar-refractivity contribution in [2.24, 2.45) is 28.6 Å². The largest absolute Gasteiger partial charge is 0.393 e. The van der Waals surface area contributed by atoms with Gasteiger partial charge in [-0.2, -0.15) is 0 Å². The molecule has 1 saturated heterocycles. The maximum Gasteiger partial charge on any atom is 0.195 e. The van der Waals surface area contributed by atoms with Crippen molar-refractivity contribution in [3.05, 3.63) is 23.8 Å². The normalized spacial score (nSPS) is 51.1. The average molecular weight is 403 g/mol. The third-order valence-electron chi connectivity index (χ3n) is 8.76. The second kappa shape index (κ2) is 6.08. The second-order valence-electron chi connectivity index (χ2n) is 9.89. The van der Waals surface area contributed by atoms with Gasteiger partial charge in [-0.15, -0.1) is 0 Å². The van der Waals surface area contributed by atoms with Gasteiger partial charge in [0.05, 0.1) is 6.10 Å². The van der Waals surface area contributed by atoms with Gasteiger partial charge in [0, 0.05) is 23.8 Å². The topological polar surface area (TPSA) is 96.3 Å². The lowest BCUT2D eigenvalue weighted by Gasteiger charge is -2.59. The van der Waals surface area contributed by atoms with E-state index in [1.165, 1.54) is 5.23 Å². The van der Waals surface area contributed by atoms with Crippen molar-refractivity contribution >= 4 is 11.6 Å². The highest BCUT2D eigenvalue weighted by Gasteiger charge is 2.76. The summed E-state index contributed by atoms with van der Waals surface area (Å²) in [5, 5.41) is 22.4. The summed E-state index contributed by atoms with van der Waals surface area (Å²) in [5.41, 5.74) is -1.18. The summed E-state index contributed by atoms with van der Waals surface area (Å²) in [5.74, 6) is -0.0976. The summed E-state index contributed by atoms with van der Waals surface area (Å²) >= 11 is 0. The monoisotopic (exact) mass is 403 g/mol. The number of rotatable bonds is 2. The molecule has 7 heteroatoms. The van der Waals surface area contributed by atoms with Gasteiger partial charge in [0.15, 0.2) is 17.2 Å². The van der Waals surface area contributed by atoms with Crippen LogP contribution >= 0.6 is 0 Å². The van der Waals surface area contributed by atoms with E-state index in [9.17, 15) is 19.8 Å². The van der Waals surface area contributed by atoms with E-state index in [0.717, 1.165) is 18.4 Å². The Morgan fingerprint density at radius 3 is 2.86 bits per heavy atom. The molecule has 1 aliphatic heterocycles. The molecule has 4 aliphatic carbocycles. The van der Waals surface area contributed by atoms with Crippen LogP contribution in [0.3, 0.4) is 0 Å². The molecule has 0 amide bonds. The highest BCUT2D eigenvalue weighted by Crippen LogP contribution is 2.69. The SMILES string of the molecule is CN1OC2CC3C4CCC5=CC(=O)C=C[C@]5(C)C4C(O)C[C@]3(C)C2(C(=O)CO)O1. The molecule has 29 heavy (non-hydrogen) atoms. The zero-order valence-electron chi connectivity index (χ0n) is 17.1. The molecule has 1 heterocycles. The zero-order valence-corrected chi connectivity index (χ0v) is 17.1. The summed E-state index contributed by atoms with van der Waals surface area (Å²) < 4.78 is 0. The molecule has 3 saturated carbocycles. The van der Waals surface area contributed by atoms with Gasteiger partial charge in [-0.25, -0.2) is 0 Å². The highest BCUT2D eigenvalue weighted by molar-refractivity contribution is 6.01. The summed E-state index contributed by atoms with van der Waals surface area (Å²) in [6.07, 6.45) is 6.91. The van der Waals surface area contributed by atoms with Crippen molar-refractivity contribution in [3.63, 3.8) is 0 Å². The quantitative estimate of drug-likeness (QED) is 0.718. The van der Waals surface area contributed by atoms with Crippen LogP contribution in [0.5, 0.6) is 0 Å². The minimum Gasteiger partial charge on any atom is -0.393 e. The molecule has 8 atom stereocenters. The van der Waals surface area contributed by atoms with E-state index in [-0.39, 0.29) is 34.7 Å². The molecule has 0 aromatic heterocycles. The Kier molecular flexibility index (Phi) is 4.10. The van der Waals surface area contributed by atoms with E-state index in [0.29, 0.717) is 12.8 Å². The molecule has 4 fully saturated rings. The number of allylic oxidation sites excluding steroid dienone is 4. The molecule has 2 N–H and O–H groups in total. The zero-order chi connectivity index (χ0) is 20.8. The number of aliphatic hydroxyl groups excluding tert-OH is 2. The molecule has 5 aliphatic rings. The Morgan fingerprint density at radius 2 is 2.14 bits per heavy atom. The third-order valence-corrected chi connectivity index (χ3v) is 8.76. The van der Waals surface area contributed by atoms with Gasteiger partial charge in [-0.1, -0.05) is 30.7 Å². The molecule has 0 spiro atoms. The fourth-order valence-electron chi connectivity index (χ4n) is 7.65. The van der Waals surface area contributed by atoms with E-state index in [2.05, 4.69) is 6.92 Å². The van der Waals surface area contributed by atoms with Crippen molar-refractivity contribution < 1.29 is 29.5 Å². The van der Waals surface area contributed by atoms with E-state index in [1.54, 1.807) is 19.2 Å². The first-order valence-electron chi connectivity index (χ1n) is 10.5. The maximum atomic E-state index is 13.0. The highest BCUT2D eigenvalue weighted by atomic mass is 17.0. The first-order chi connectivity index (χ1) is 13.7. The van der Waals surface area contributed by atoms with Crippen molar-refractivity contribution in [1.29, 1.82) is 0 Å². The Labute approximate surface area is 170 Å². The summed E-state index contributed by atoms with van der Waals surface area (Å²) in [4.78, 5) is 36.8. The lowest BCUT2D eigenvalue weighted by atomic mass is 9.46. The molecule has 158 valence electrons. The van der Waals surface area contributed by atoms with Crippen LogP contribution in [0.4, 0.5) is 0 Å². The van der Waals surface area contributed by atoms with Crippen LogP contribution in [-0.2, 0) is 19.3 Å². The van der Waals surface area contributed by atoms with E-state index < -0.39 is 29.8 Å². The Balaban J connectivity index is 1.59. The molecule has 6 unspecified atom stereocenters. The van der Waals surface area contributed by atoms with Crippen LogP contribution < -0.4 is 0 Å². The molecule has 7 nitrogen and oxygen atoms in total. The minimum absolute atomic E-state index is 0.0128. The van der Waals surface area contributed by atoms with Crippen molar-refractivity contribution in [1.82, 2.24) is 5.23 Å². The summed E-state index contributed by atoms with van der Waals surface area (Å²) in [6, 6.07) is 0. The lowest BCUT2D eigenvalue weighted by Crippen LogP contribution is -2.63. The van der Waals surface area contributed by atoms with Crippen LogP contribution in [0, 0.1) is 28.6 Å². The van der Waals surface area contributed by atoms with Gasteiger partial charge in [0.25, 0.3) is 0 Å². The van der Waals surface area contributed by atoms with Gasteiger partial charge in [0.1, 0.15) is 12.7 Å². The van der Waals surface area contributed by atoms with Crippen LogP contribution in [0.2, 0.25) is 0 Å². The van der Waals surface area contributed by atoms with Crippen molar-refractivity contribution in [2.45, 2.75) is 57.3 Å². The van der Waals surface area contributed by atoms with Gasteiger partial charge >= 0.3 is 0 Å². The number of aliphatic hydroxyl groups is 2. The molecular formula is C22H29NO6. The smallest absolute Gasteiger partial charge is 0.195 e. The number of ketones is 2. The van der Waals surface area contributed by atoms with Crippen molar-refractivity contribution in [3.8, 4) is 0 Å². The Hall–Kier alpha value is -1.38. The molecule has 0 aromatic carbocycles. The average Bonchev–Trinajstić information content (AvgIpc) is 3.12. The standard InChI is InChI=1S/C22H29NO6/c1-20-7-6-13(25)8-12(20)4-5-14-15-9-18-22(17(27)11-24,29-23(3)28-18)21(15,2)10-16(26)19(14)20/h6-8,14-16,18-19,24,26H,4-5,9-11H2,1-3H3/t14?,15?,16?,18?,19?,20-,21-,22?/m0/s1. The van der Waals surface area contributed by atoms with Crippen LogP contribution in [0.1, 0.15) is 39.5 Å². The van der Waals surface area contributed by atoms with Gasteiger partial charge in [-0.3, -0.25) is 19.3 Å².